The molecule has 1 aromatic heterocycles. The van der Waals surface area contributed by atoms with Crippen molar-refractivity contribution in [3.05, 3.63) is 48.7 Å². The van der Waals surface area contributed by atoms with E-state index in [1.807, 2.05) is 19.2 Å². The van der Waals surface area contributed by atoms with Crippen LogP contribution in [0.15, 0.2) is 48.7 Å². The first-order valence-corrected chi connectivity index (χ1v) is 8.50. The van der Waals surface area contributed by atoms with E-state index in [4.69, 9.17) is 9.47 Å². The number of pyridine rings is 1. The van der Waals surface area contributed by atoms with Crippen LogP contribution in [0.5, 0.6) is 17.4 Å². The minimum atomic E-state index is 0.000659. The fourth-order valence-corrected chi connectivity index (χ4v) is 2.78. The molecule has 1 amide bonds. The number of nitrogens with zero attached hydrogens (tertiary/aromatic N) is 2. The molecule has 2 aromatic rings. The van der Waals surface area contributed by atoms with Crippen LogP contribution in [0.3, 0.4) is 0 Å². The van der Waals surface area contributed by atoms with Gasteiger partial charge >= 0.3 is 0 Å². The van der Waals surface area contributed by atoms with Gasteiger partial charge in [0.1, 0.15) is 11.5 Å². The van der Waals surface area contributed by atoms with Crippen LogP contribution >= 0.6 is 0 Å². The highest BCUT2D eigenvalue weighted by atomic mass is 16.5. The topological polar surface area (TPSA) is 63.7 Å². The largest absolute Gasteiger partial charge is 0.484 e. The van der Waals surface area contributed by atoms with Crippen LogP contribution in [-0.4, -0.2) is 48.6 Å². The summed E-state index contributed by atoms with van der Waals surface area (Å²) in [7, 11) is 1.85. The van der Waals surface area contributed by atoms with Gasteiger partial charge in [0.25, 0.3) is 5.91 Å². The number of hydrogen-bond acceptors (Lipinski definition) is 5. The molecule has 0 aliphatic carbocycles. The van der Waals surface area contributed by atoms with E-state index < -0.39 is 0 Å². The van der Waals surface area contributed by atoms with Crippen molar-refractivity contribution in [1.29, 1.82) is 0 Å². The van der Waals surface area contributed by atoms with Crippen LogP contribution in [-0.2, 0) is 4.79 Å². The second-order valence-electron chi connectivity index (χ2n) is 6.02. The monoisotopic (exact) mass is 341 g/mol. The molecular weight excluding hydrogens is 318 g/mol. The molecule has 1 aliphatic heterocycles. The number of nitrogens with one attached hydrogen (secondary N) is 1. The molecule has 0 atom stereocenters. The Morgan fingerprint density at radius 1 is 1.16 bits per heavy atom. The van der Waals surface area contributed by atoms with Gasteiger partial charge in [-0.1, -0.05) is 6.07 Å². The lowest BCUT2D eigenvalue weighted by Gasteiger charge is -2.31. The average molecular weight is 341 g/mol. The molecule has 132 valence electrons. The molecule has 0 bridgehead atoms. The van der Waals surface area contributed by atoms with Crippen LogP contribution in [0.1, 0.15) is 12.8 Å². The highest BCUT2D eigenvalue weighted by molar-refractivity contribution is 5.77. The van der Waals surface area contributed by atoms with Crippen molar-refractivity contribution in [2.24, 2.45) is 0 Å². The van der Waals surface area contributed by atoms with E-state index in [2.05, 4.69) is 10.3 Å². The highest BCUT2D eigenvalue weighted by Crippen LogP contribution is 2.22. The predicted octanol–water partition coefficient (Wildman–Crippen LogP) is 2.46. The van der Waals surface area contributed by atoms with Crippen molar-refractivity contribution in [3.63, 3.8) is 0 Å². The van der Waals surface area contributed by atoms with E-state index in [9.17, 15) is 4.79 Å². The number of benzene rings is 1. The standard InChI is InChI=1S/C19H23N3O3/c1-22(15-9-12-20-13-10-15)19(23)14-24-16-5-7-17(8-6-16)25-18-4-2-3-11-21-18/h2-8,11,15,20H,9-10,12-14H2,1H3. The molecule has 25 heavy (non-hydrogen) atoms. The highest BCUT2D eigenvalue weighted by Gasteiger charge is 2.22. The Balaban J connectivity index is 1.48. The lowest BCUT2D eigenvalue weighted by Crippen LogP contribution is -2.45. The molecule has 2 heterocycles. The zero-order chi connectivity index (χ0) is 17.5. The SMILES string of the molecule is CN(C(=O)COc1ccc(Oc2ccccn2)cc1)C1CCNCC1. The summed E-state index contributed by atoms with van der Waals surface area (Å²) in [6.45, 7) is 1.96. The van der Waals surface area contributed by atoms with E-state index in [0.29, 0.717) is 23.4 Å². The third-order valence-corrected chi connectivity index (χ3v) is 4.30. The minimum absolute atomic E-state index is 0.000659. The lowest BCUT2D eigenvalue weighted by atomic mass is 10.1. The summed E-state index contributed by atoms with van der Waals surface area (Å²) >= 11 is 0. The van der Waals surface area contributed by atoms with Gasteiger partial charge in [0, 0.05) is 25.4 Å². The normalized spacial score (nSPS) is 14.8. The first kappa shape index (κ1) is 17.2. The zero-order valence-electron chi connectivity index (χ0n) is 14.4. The van der Waals surface area contributed by atoms with Crippen LogP contribution in [0.25, 0.3) is 0 Å². The third kappa shape index (κ3) is 4.93. The van der Waals surface area contributed by atoms with Crippen molar-refractivity contribution in [2.75, 3.05) is 26.7 Å². The summed E-state index contributed by atoms with van der Waals surface area (Å²) in [5.41, 5.74) is 0. The second-order valence-corrected chi connectivity index (χ2v) is 6.02. The smallest absolute Gasteiger partial charge is 0.260 e. The number of rotatable bonds is 6. The summed E-state index contributed by atoms with van der Waals surface area (Å²) in [6.07, 6.45) is 3.65. The van der Waals surface area contributed by atoms with E-state index >= 15 is 0 Å². The maximum absolute atomic E-state index is 12.3. The van der Waals surface area contributed by atoms with E-state index in [1.165, 1.54) is 0 Å². The van der Waals surface area contributed by atoms with Gasteiger partial charge < -0.3 is 19.7 Å². The number of piperidine rings is 1. The van der Waals surface area contributed by atoms with Crippen molar-refractivity contribution >= 4 is 5.91 Å². The van der Waals surface area contributed by atoms with Crippen LogP contribution in [0.4, 0.5) is 0 Å². The van der Waals surface area contributed by atoms with Gasteiger partial charge in [0.05, 0.1) is 0 Å². The van der Waals surface area contributed by atoms with Gasteiger partial charge in [-0.3, -0.25) is 4.79 Å². The third-order valence-electron chi connectivity index (χ3n) is 4.30. The molecule has 0 saturated carbocycles. The van der Waals surface area contributed by atoms with Crippen molar-refractivity contribution < 1.29 is 14.3 Å². The van der Waals surface area contributed by atoms with Gasteiger partial charge in [0.15, 0.2) is 6.61 Å². The molecule has 0 unspecified atom stereocenters. The van der Waals surface area contributed by atoms with Gasteiger partial charge in [0.2, 0.25) is 5.88 Å². The van der Waals surface area contributed by atoms with E-state index in [1.54, 1.807) is 41.4 Å². The number of aromatic nitrogens is 1. The number of likely N-dealkylation sites (N-methyl/N-ethyl adjacent to an activating group) is 1. The number of carbonyl (C=O) groups is 1. The lowest BCUT2D eigenvalue weighted by molar-refractivity contribution is -0.134. The van der Waals surface area contributed by atoms with E-state index in [0.717, 1.165) is 25.9 Å². The molecule has 1 aromatic carbocycles. The van der Waals surface area contributed by atoms with Gasteiger partial charge in [-0.15, -0.1) is 0 Å². The Morgan fingerprint density at radius 3 is 2.56 bits per heavy atom. The minimum Gasteiger partial charge on any atom is -0.484 e. The number of ether oxygens (including phenoxy) is 2. The molecule has 1 N–H and O–H groups in total. The van der Waals surface area contributed by atoms with Gasteiger partial charge in [-0.05, 0) is 56.3 Å². The summed E-state index contributed by atoms with van der Waals surface area (Å²) in [6, 6.07) is 13.0. The molecule has 6 heteroatoms. The Morgan fingerprint density at radius 2 is 1.88 bits per heavy atom. The van der Waals surface area contributed by atoms with Crippen LogP contribution in [0, 0.1) is 0 Å². The maximum atomic E-state index is 12.3. The number of carbonyl (C=O) groups excluding carboxylic acids is 1. The summed E-state index contributed by atoms with van der Waals surface area (Å²) in [5, 5.41) is 3.30. The predicted molar refractivity (Wildman–Crippen MR) is 94.9 cm³/mol. The molecule has 6 nitrogen and oxygen atoms in total. The Hall–Kier alpha value is -2.60. The quantitative estimate of drug-likeness (QED) is 0.874. The fraction of sp³-hybridized carbons (Fsp3) is 0.368. The molecule has 0 radical (unpaired) electrons. The Kier molecular flexibility index (Phi) is 5.85. The fourth-order valence-electron chi connectivity index (χ4n) is 2.78. The summed E-state index contributed by atoms with van der Waals surface area (Å²) in [5.74, 6) is 1.85. The van der Waals surface area contributed by atoms with Gasteiger partial charge in [-0.2, -0.15) is 0 Å². The second kappa shape index (κ2) is 8.48. The molecule has 3 rings (SSSR count). The molecule has 1 aliphatic rings. The van der Waals surface area contributed by atoms with Gasteiger partial charge in [-0.25, -0.2) is 4.98 Å². The zero-order valence-corrected chi connectivity index (χ0v) is 14.4. The molecule has 1 saturated heterocycles. The van der Waals surface area contributed by atoms with Crippen molar-refractivity contribution in [3.8, 4) is 17.4 Å². The average Bonchev–Trinajstić information content (AvgIpc) is 2.68. The van der Waals surface area contributed by atoms with Crippen molar-refractivity contribution in [2.45, 2.75) is 18.9 Å². The molecular formula is C19H23N3O3. The van der Waals surface area contributed by atoms with Crippen molar-refractivity contribution in [1.82, 2.24) is 15.2 Å². The molecule has 1 fully saturated rings. The Labute approximate surface area is 147 Å². The molecule has 0 spiro atoms. The summed E-state index contributed by atoms with van der Waals surface area (Å²) < 4.78 is 11.2. The summed E-state index contributed by atoms with van der Waals surface area (Å²) in [4.78, 5) is 18.2. The number of amides is 1. The first-order valence-electron chi connectivity index (χ1n) is 8.50. The van der Waals surface area contributed by atoms with Crippen LogP contribution in [0.2, 0.25) is 0 Å². The van der Waals surface area contributed by atoms with Crippen LogP contribution < -0.4 is 14.8 Å². The first-order chi connectivity index (χ1) is 12.2. The maximum Gasteiger partial charge on any atom is 0.260 e. The Bertz CT molecular complexity index is 670. The number of hydrogen-bond donors (Lipinski definition) is 1. The van der Waals surface area contributed by atoms with E-state index in [-0.39, 0.29) is 12.5 Å².